The lowest BCUT2D eigenvalue weighted by atomic mass is 10.3. The van der Waals surface area contributed by atoms with Crippen LogP contribution in [0.15, 0.2) is 24.9 Å². The topological polar surface area (TPSA) is 29.9 Å². The molecule has 0 amide bonds. The minimum Gasteiger partial charge on any atom is -0.316 e. The molecule has 0 aliphatic rings. The van der Waals surface area contributed by atoms with Gasteiger partial charge in [0.05, 0.1) is 5.69 Å². The quantitative estimate of drug-likeness (QED) is 0.524. The van der Waals surface area contributed by atoms with E-state index in [1.807, 2.05) is 24.0 Å². The normalized spacial score (nSPS) is 10.2. The number of rotatable bonds is 6. The maximum absolute atomic E-state index is 4.28. The van der Waals surface area contributed by atoms with Crippen molar-refractivity contribution in [1.82, 2.24) is 15.1 Å². The zero-order valence-corrected chi connectivity index (χ0v) is 8.16. The highest BCUT2D eigenvalue weighted by Crippen LogP contribution is 1.93. The van der Waals surface area contributed by atoms with Crippen LogP contribution in [-0.2, 0) is 13.5 Å². The average Bonchev–Trinajstić information content (AvgIpc) is 2.51. The molecule has 13 heavy (non-hydrogen) atoms. The number of hydrogen-bond donors (Lipinski definition) is 1. The van der Waals surface area contributed by atoms with E-state index in [0.717, 1.165) is 31.6 Å². The summed E-state index contributed by atoms with van der Waals surface area (Å²) in [5.74, 6) is 0. The van der Waals surface area contributed by atoms with E-state index >= 15 is 0 Å². The smallest absolute Gasteiger partial charge is 0.0637 e. The number of nitrogens with zero attached hydrogens (tertiary/aromatic N) is 2. The molecule has 72 valence electrons. The van der Waals surface area contributed by atoms with Gasteiger partial charge in [0.2, 0.25) is 0 Å². The van der Waals surface area contributed by atoms with Gasteiger partial charge in [-0.2, -0.15) is 5.10 Å². The summed E-state index contributed by atoms with van der Waals surface area (Å²) in [6.45, 7) is 5.67. The van der Waals surface area contributed by atoms with Crippen LogP contribution in [0.5, 0.6) is 0 Å². The first-order chi connectivity index (χ1) is 6.33. The maximum Gasteiger partial charge on any atom is 0.0637 e. The zero-order valence-electron chi connectivity index (χ0n) is 8.16. The molecule has 0 fully saturated rings. The van der Waals surface area contributed by atoms with Gasteiger partial charge in [-0.1, -0.05) is 6.08 Å². The van der Waals surface area contributed by atoms with E-state index < -0.39 is 0 Å². The van der Waals surface area contributed by atoms with Gasteiger partial charge in [0.15, 0.2) is 0 Å². The lowest BCUT2D eigenvalue weighted by molar-refractivity contribution is 0.668. The Morgan fingerprint density at radius 1 is 1.62 bits per heavy atom. The molecule has 3 heteroatoms. The molecule has 1 N–H and O–H groups in total. The van der Waals surface area contributed by atoms with Crippen LogP contribution in [0.1, 0.15) is 12.1 Å². The fourth-order valence-corrected chi connectivity index (χ4v) is 1.14. The van der Waals surface area contributed by atoms with Crippen molar-refractivity contribution in [3.05, 3.63) is 30.6 Å². The highest BCUT2D eigenvalue weighted by molar-refractivity contribution is 4.98. The van der Waals surface area contributed by atoms with Gasteiger partial charge >= 0.3 is 0 Å². The molecule has 0 bridgehead atoms. The molecule has 1 rings (SSSR count). The van der Waals surface area contributed by atoms with E-state index in [-0.39, 0.29) is 0 Å². The highest BCUT2D eigenvalue weighted by Gasteiger charge is 1.94. The third-order valence-corrected chi connectivity index (χ3v) is 1.85. The fourth-order valence-electron chi connectivity index (χ4n) is 1.14. The first-order valence-electron chi connectivity index (χ1n) is 4.63. The molecule has 0 radical (unpaired) electrons. The van der Waals surface area contributed by atoms with Gasteiger partial charge in [-0.3, -0.25) is 4.68 Å². The van der Waals surface area contributed by atoms with Crippen LogP contribution in [-0.4, -0.2) is 22.9 Å². The molecule has 0 aliphatic heterocycles. The molecule has 0 saturated heterocycles. The predicted octanol–water partition coefficient (Wildman–Crippen LogP) is 1.13. The Hall–Kier alpha value is -1.09. The molecule has 0 spiro atoms. The minimum absolute atomic E-state index is 0.991. The summed E-state index contributed by atoms with van der Waals surface area (Å²) in [5, 5.41) is 7.61. The number of aryl methyl sites for hydroxylation is 1. The molecule has 0 atom stereocenters. The summed E-state index contributed by atoms with van der Waals surface area (Å²) >= 11 is 0. The third kappa shape index (κ3) is 3.90. The van der Waals surface area contributed by atoms with Gasteiger partial charge in [0.25, 0.3) is 0 Å². The Kier molecular flexibility index (Phi) is 4.26. The molecule has 0 aliphatic carbocycles. The highest BCUT2D eigenvalue weighted by atomic mass is 15.2. The van der Waals surface area contributed by atoms with Crippen molar-refractivity contribution in [2.45, 2.75) is 12.8 Å². The van der Waals surface area contributed by atoms with Gasteiger partial charge < -0.3 is 5.32 Å². The van der Waals surface area contributed by atoms with Crippen LogP contribution in [0.2, 0.25) is 0 Å². The summed E-state index contributed by atoms with van der Waals surface area (Å²) in [7, 11) is 1.94. The van der Waals surface area contributed by atoms with E-state index in [2.05, 4.69) is 23.1 Å². The third-order valence-electron chi connectivity index (χ3n) is 1.85. The van der Waals surface area contributed by atoms with Gasteiger partial charge in [-0.25, -0.2) is 0 Å². The van der Waals surface area contributed by atoms with Crippen LogP contribution in [0.25, 0.3) is 0 Å². The lowest BCUT2D eigenvalue weighted by Crippen LogP contribution is -2.18. The standard InChI is InChI=1S/C10H17N3/c1-3-4-7-11-8-5-10-6-9-13(2)12-10/h3,6,9,11H,1,4-5,7-8H2,2H3. The van der Waals surface area contributed by atoms with Gasteiger partial charge in [0.1, 0.15) is 0 Å². The summed E-state index contributed by atoms with van der Waals surface area (Å²) in [6, 6.07) is 2.05. The molecule has 0 aromatic carbocycles. The molecular weight excluding hydrogens is 162 g/mol. The van der Waals surface area contributed by atoms with E-state index in [4.69, 9.17) is 0 Å². The van der Waals surface area contributed by atoms with Crippen molar-refractivity contribution in [3.8, 4) is 0 Å². The predicted molar refractivity (Wildman–Crippen MR) is 54.6 cm³/mol. The number of nitrogens with one attached hydrogen (secondary N) is 1. The summed E-state index contributed by atoms with van der Waals surface area (Å²) in [4.78, 5) is 0. The second-order valence-corrected chi connectivity index (χ2v) is 3.06. The van der Waals surface area contributed by atoms with Gasteiger partial charge in [-0.05, 0) is 19.0 Å². The average molecular weight is 179 g/mol. The van der Waals surface area contributed by atoms with E-state index in [1.54, 1.807) is 0 Å². The van der Waals surface area contributed by atoms with Crippen molar-refractivity contribution in [3.63, 3.8) is 0 Å². The Morgan fingerprint density at radius 2 is 2.46 bits per heavy atom. The number of aromatic nitrogens is 2. The van der Waals surface area contributed by atoms with Crippen molar-refractivity contribution in [2.75, 3.05) is 13.1 Å². The monoisotopic (exact) mass is 179 g/mol. The first-order valence-corrected chi connectivity index (χ1v) is 4.63. The maximum atomic E-state index is 4.28. The Labute approximate surface area is 79.5 Å². The number of hydrogen-bond acceptors (Lipinski definition) is 2. The Morgan fingerprint density at radius 3 is 3.08 bits per heavy atom. The molecular formula is C10H17N3. The lowest BCUT2D eigenvalue weighted by Gasteiger charge is -1.99. The minimum atomic E-state index is 0.991. The zero-order chi connectivity index (χ0) is 9.52. The van der Waals surface area contributed by atoms with E-state index in [9.17, 15) is 0 Å². The van der Waals surface area contributed by atoms with Crippen LogP contribution in [0.3, 0.4) is 0 Å². The van der Waals surface area contributed by atoms with Crippen LogP contribution >= 0.6 is 0 Å². The van der Waals surface area contributed by atoms with Gasteiger partial charge in [-0.15, -0.1) is 6.58 Å². The first kappa shape index (κ1) is 9.99. The Bertz CT molecular complexity index is 252. The Balaban J connectivity index is 2.09. The van der Waals surface area contributed by atoms with Crippen LogP contribution < -0.4 is 5.32 Å². The van der Waals surface area contributed by atoms with Crippen LogP contribution in [0, 0.1) is 0 Å². The molecule has 0 saturated carbocycles. The van der Waals surface area contributed by atoms with Crippen molar-refractivity contribution in [1.29, 1.82) is 0 Å². The van der Waals surface area contributed by atoms with Crippen LogP contribution in [0.4, 0.5) is 0 Å². The van der Waals surface area contributed by atoms with Crippen molar-refractivity contribution >= 4 is 0 Å². The summed E-state index contributed by atoms with van der Waals surface area (Å²) in [6.07, 6.45) is 5.92. The fraction of sp³-hybridized carbons (Fsp3) is 0.500. The summed E-state index contributed by atoms with van der Waals surface area (Å²) < 4.78 is 1.83. The van der Waals surface area contributed by atoms with Gasteiger partial charge in [0, 0.05) is 26.2 Å². The molecule has 1 heterocycles. The second-order valence-electron chi connectivity index (χ2n) is 3.06. The van der Waals surface area contributed by atoms with Crippen molar-refractivity contribution in [2.24, 2.45) is 7.05 Å². The molecule has 1 aromatic rings. The molecule has 3 nitrogen and oxygen atoms in total. The summed E-state index contributed by atoms with van der Waals surface area (Å²) in [5.41, 5.74) is 1.15. The van der Waals surface area contributed by atoms with E-state index in [1.165, 1.54) is 0 Å². The second kappa shape index (κ2) is 5.54. The van der Waals surface area contributed by atoms with E-state index in [0.29, 0.717) is 0 Å². The largest absolute Gasteiger partial charge is 0.316 e. The molecule has 0 unspecified atom stereocenters. The molecule has 1 aromatic heterocycles. The van der Waals surface area contributed by atoms with Crippen molar-refractivity contribution < 1.29 is 0 Å². The SMILES string of the molecule is C=CCCNCCc1ccn(C)n1.